The Labute approximate surface area is 286 Å². The summed E-state index contributed by atoms with van der Waals surface area (Å²) in [4.78, 5) is 9.81. The Balaban J connectivity index is 1.22. The molecule has 0 heterocycles. The van der Waals surface area contributed by atoms with Crippen LogP contribution in [0.3, 0.4) is 0 Å². The molecule has 0 amide bonds. The fraction of sp³-hybridized carbons (Fsp3) is 0.100. The third kappa shape index (κ3) is 8.63. The first-order valence-corrected chi connectivity index (χ1v) is 18.6. The van der Waals surface area contributed by atoms with Crippen LogP contribution in [0.4, 0.5) is 0 Å². The summed E-state index contributed by atoms with van der Waals surface area (Å²) >= 11 is 1.76. The Morgan fingerprint density at radius 1 is 0.383 bits per heavy atom. The summed E-state index contributed by atoms with van der Waals surface area (Å²) < 4.78 is 11.2. The zero-order chi connectivity index (χ0) is 32.3. The van der Waals surface area contributed by atoms with E-state index in [1.807, 2.05) is 24.3 Å². The van der Waals surface area contributed by atoms with Gasteiger partial charge < -0.3 is 19.7 Å². The van der Waals surface area contributed by atoms with Gasteiger partial charge in [-0.2, -0.15) is 0 Å². The van der Waals surface area contributed by atoms with Crippen molar-refractivity contribution in [3.05, 3.63) is 158 Å². The van der Waals surface area contributed by atoms with Crippen molar-refractivity contribution in [1.29, 1.82) is 0 Å². The first-order valence-electron chi connectivity index (χ1n) is 15.4. The van der Waals surface area contributed by atoms with Crippen molar-refractivity contribution in [1.82, 2.24) is 0 Å². The lowest BCUT2D eigenvalue weighted by molar-refractivity contribution is 0.201. The maximum absolute atomic E-state index is 9.13. The van der Waals surface area contributed by atoms with Gasteiger partial charge in [0.1, 0.15) is 24.7 Å². The van der Waals surface area contributed by atoms with Gasteiger partial charge in [0.15, 0.2) is 29.4 Å². The highest BCUT2D eigenvalue weighted by molar-refractivity contribution is 7.99. The average molecular weight is 677 g/mol. The minimum Gasteiger partial charge on any atom is -0.491 e. The number of hydrogen-bond donors (Lipinski definition) is 2. The summed E-state index contributed by atoms with van der Waals surface area (Å²) in [5.74, 6) is 1.47. The summed E-state index contributed by atoms with van der Waals surface area (Å²) in [6, 6.07) is 55.5. The van der Waals surface area contributed by atoms with Crippen molar-refractivity contribution >= 4 is 33.6 Å². The van der Waals surface area contributed by atoms with Crippen LogP contribution in [0.5, 0.6) is 11.5 Å². The van der Waals surface area contributed by atoms with Crippen LogP contribution in [0.2, 0.25) is 0 Å². The molecule has 0 saturated carbocycles. The van der Waals surface area contributed by atoms with Crippen LogP contribution in [-0.2, 0) is 21.8 Å². The minimum absolute atomic E-state index is 0.0203. The number of ether oxygens (including phenoxy) is 2. The van der Waals surface area contributed by atoms with E-state index in [0.717, 1.165) is 21.3 Å². The molecule has 0 radical (unpaired) electrons. The predicted molar refractivity (Wildman–Crippen MR) is 192 cm³/mol. The van der Waals surface area contributed by atoms with E-state index < -0.39 is 0 Å². The first-order chi connectivity index (χ1) is 23.2. The highest BCUT2D eigenvalue weighted by atomic mass is 32.2. The summed E-state index contributed by atoms with van der Waals surface area (Å²) in [7, 11) is -0.528. The SMILES string of the molecule is OCCOc1ccc([S+](c2ccc(OCCO)cc2)c2ccc(Sc3ccc([S+](c4ccccc4)c4ccccc4)cc3)cc2)cc1. The van der Waals surface area contributed by atoms with E-state index in [0.29, 0.717) is 0 Å². The van der Waals surface area contributed by atoms with Gasteiger partial charge in [-0.05, 0) is 121 Å². The van der Waals surface area contributed by atoms with E-state index >= 15 is 0 Å². The number of rotatable bonds is 14. The Kier molecular flexibility index (Phi) is 11.6. The molecule has 0 atom stereocenters. The molecular weight excluding hydrogens is 641 g/mol. The van der Waals surface area contributed by atoms with Gasteiger partial charge in [-0.1, -0.05) is 48.2 Å². The second-order valence-electron chi connectivity index (χ2n) is 10.4. The summed E-state index contributed by atoms with van der Waals surface area (Å²) in [5.41, 5.74) is 0. The van der Waals surface area contributed by atoms with Gasteiger partial charge in [0, 0.05) is 9.79 Å². The Hall–Kier alpha value is -4.11. The Morgan fingerprint density at radius 2 is 0.681 bits per heavy atom. The molecule has 4 nitrogen and oxygen atoms in total. The Morgan fingerprint density at radius 3 is 1.00 bits per heavy atom. The van der Waals surface area contributed by atoms with Crippen molar-refractivity contribution in [3.8, 4) is 11.5 Å². The van der Waals surface area contributed by atoms with Crippen molar-refractivity contribution in [2.24, 2.45) is 0 Å². The molecule has 0 aliphatic carbocycles. The quantitative estimate of drug-likeness (QED) is 0.113. The van der Waals surface area contributed by atoms with Gasteiger partial charge in [0.2, 0.25) is 0 Å². The van der Waals surface area contributed by atoms with Crippen LogP contribution in [0.25, 0.3) is 0 Å². The molecule has 0 bridgehead atoms. The number of hydrogen-bond acceptors (Lipinski definition) is 5. The second kappa shape index (κ2) is 16.6. The normalized spacial score (nSPS) is 11.1. The average Bonchev–Trinajstić information content (AvgIpc) is 3.13. The molecule has 6 aromatic carbocycles. The van der Waals surface area contributed by atoms with Crippen LogP contribution >= 0.6 is 11.8 Å². The van der Waals surface area contributed by atoms with E-state index in [9.17, 15) is 0 Å². The first kappa shape index (κ1) is 32.8. The molecule has 6 rings (SSSR count). The monoisotopic (exact) mass is 676 g/mol. The van der Waals surface area contributed by atoms with Crippen molar-refractivity contribution in [2.45, 2.75) is 39.2 Å². The molecule has 6 aromatic rings. The highest BCUT2D eigenvalue weighted by Crippen LogP contribution is 2.37. The lowest BCUT2D eigenvalue weighted by Crippen LogP contribution is -2.06. The van der Waals surface area contributed by atoms with Crippen LogP contribution < -0.4 is 9.47 Å². The molecule has 0 fully saturated rings. The molecule has 0 spiro atoms. The van der Waals surface area contributed by atoms with E-state index in [2.05, 4.69) is 133 Å². The lowest BCUT2D eigenvalue weighted by atomic mass is 10.3. The van der Waals surface area contributed by atoms with E-state index in [1.54, 1.807) is 11.8 Å². The summed E-state index contributed by atoms with van der Waals surface area (Å²) in [5, 5.41) is 18.3. The van der Waals surface area contributed by atoms with Gasteiger partial charge in [0.25, 0.3) is 0 Å². The fourth-order valence-corrected chi connectivity index (χ4v) is 9.97. The molecule has 0 saturated heterocycles. The predicted octanol–water partition coefficient (Wildman–Crippen LogP) is 8.77. The van der Waals surface area contributed by atoms with Gasteiger partial charge in [0.05, 0.1) is 35.0 Å². The van der Waals surface area contributed by atoms with E-state index in [1.165, 1.54) is 29.4 Å². The third-order valence-corrected chi connectivity index (χ3v) is 12.6. The zero-order valence-electron chi connectivity index (χ0n) is 25.8. The van der Waals surface area contributed by atoms with Crippen LogP contribution in [-0.4, -0.2) is 36.6 Å². The van der Waals surface area contributed by atoms with E-state index in [-0.39, 0.29) is 48.2 Å². The zero-order valence-corrected chi connectivity index (χ0v) is 28.2. The standard InChI is InChI=1S/C40H36O4S3/c41-27-29-43-31-11-19-37(20-12-31)47(38-21-13-32(14-22-38)44-30-28-42)40-25-17-34(18-26-40)45-33-15-23-39(24-16-33)46(35-7-3-1-4-8-35)36-9-5-2-6-10-36/h1-26,41-42H,27-30H2/q+2. The largest absolute Gasteiger partial charge is 0.491 e. The smallest absolute Gasteiger partial charge is 0.166 e. The van der Waals surface area contributed by atoms with Crippen molar-refractivity contribution < 1.29 is 19.7 Å². The summed E-state index contributed by atoms with van der Waals surface area (Å²) in [6.07, 6.45) is 0. The second-order valence-corrected chi connectivity index (χ2v) is 15.6. The molecule has 236 valence electrons. The molecule has 0 aromatic heterocycles. The van der Waals surface area contributed by atoms with Crippen LogP contribution in [0.15, 0.2) is 197 Å². The molecule has 47 heavy (non-hydrogen) atoms. The Bertz CT molecular complexity index is 1710. The summed E-state index contributed by atoms with van der Waals surface area (Å²) in [6.45, 7) is 0.494. The van der Waals surface area contributed by atoms with Crippen molar-refractivity contribution in [3.63, 3.8) is 0 Å². The molecule has 2 N–H and O–H groups in total. The lowest BCUT2D eigenvalue weighted by Gasteiger charge is -2.11. The molecule has 0 unspecified atom stereocenters. The minimum atomic E-state index is -0.361. The number of aliphatic hydroxyl groups is 2. The highest BCUT2D eigenvalue weighted by Gasteiger charge is 2.30. The van der Waals surface area contributed by atoms with Crippen molar-refractivity contribution in [2.75, 3.05) is 26.4 Å². The van der Waals surface area contributed by atoms with Gasteiger partial charge in [-0.15, -0.1) is 0 Å². The van der Waals surface area contributed by atoms with Gasteiger partial charge in [-0.3, -0.25) is 0 Å². The maximum atomic E-state index is 9.13. The third-order valence-electron chi connectivity index (χ3n) is 7.15. The molecular formula is C40H36O4S3+2. The van der Waals surface area contributed by atoms with Gasteiger partial charge in [-0.25, -0.2) is 0 Å². The molecule has 7 heteroatoms. The van der Waals surface area contributed by atoms with Crippen LogP contribution in [0.1, 0.15) is 0 Å². The van der Waals surface area contributed by atoms with E-state index in [4.69, 9.17) is 19.7 Å². The number of benzene rings is 6. The maximum Gasteiger partial charge on any atom is 0.166 e. The topological polar surface area (TPSA) is 58.9 Å². The van der Waals surface area contributed by atoms with Gasteiger partial charge >= 0.3 is 0 Å². The van der Waals surface area contributed by atoms with Crippen LogP contribution in [0, 0.1) is 0 Å². The number of aliphatic hydroxyl groups excluding tert-OH is 2. The molecule has 0 aliphatic rings. The molecule has 0 aliphatic heterocycles. The fourth-order valence-electron chi connectivity index (χ4n) is 5.02.